The summed E-state index contributed by atoms with van der Waals surface area (Å²) in [5.41, 5.74) is 0.380. The molecule has 21 heavy (non-hydrogen) atoms. The number of urea groups is 1. The smallest absolute Gasteiger partial charge is 0.321 e. The van der Waals surface area contributed by atoms with Crippen LogP contribution in [0.4, 0.5) is 14.9 Å². The molecule has 0 saturated carbocycles. The number of benzene rings is 2. The Morgan fingerprint density at radius 1 is 1.14 bits per heavy atom. The molecule has 0 aliphatic rings. The zero-order valence-electron chi connectivity index (χ0n) is 10.7. The number of carbonyl (C=O) groups excluding carboxylic acids is 1. The summed E-state index contributed by atoms with van der Waals surface area (Å²) in [5.74, 6) is 0.0261. The number of amides is 2. The fraction of sp³-hybridized carbons (Fsp3) is 0.0714. The van der Waals surface area contributed by atoms with E-state index in [0.717, 1.165) is 0 Å². The van der Waals surface area contributed by atoms with Gasteiger partial charge in [-0.15, -0.1) is 0 Å². The fourth-order valence-electron chi connectivity index (χ4n) is 1.46. The quantitative estimate of drug-likeness (QED) is 0.822. The minimum absolute atomic E-state index is 0.0254. The van der Waals surface area contributed by atoms with Crippen LogP contribution in [0.1, 0.15) is 0 Å². The number of hydrogen-bond donors (Lipinski definition) is 2. The maximum atomic E-state index is 13.0. The summed E-state index contributed by atoms with van der Waals surface area (Å²) in [5, 5.41) is 5.52. The second kappa shape index (κ2) is 7.15. The van der Waals surface area contributed by atoms with E-state index < -0.39 is 11.8 Å². The lowest BCUT2D eigenvalue weighted by molar-refractivity contribution is 0.234. The van der Waals surface area contributed by atoms with Crippen molar-refractivity contribution in [3.63, 3.8) is 0 Å². The molecule has 0 saturated heterocycles. The summed E-state index contributed by atoms with van der Waals surface area (Å²) < 4.78 is 18.3. The van der Waals surface area contributed by atoms with Crippen LogP contribution in [-0.4, -0.2) is 12.8 Å². The maximum Gasteiger partial charge on any atom is 0.321 e. The Hall–Kier alpha value is -1.98. The van der Waals surface area contributed by atoms with Crippen molar-refractivity contribution in [3.8, 4) is 5.75 Å². The van der Waals surface area contributed by atoms with Crippen molar-refractivity contribution in [2.24, 2.45) is 0 Å². The van der Waals surface area contributed by atoms with Gasteiger partial charge in [-0.1, -0.05) is 23.2 Å². The monoisotopic (exact) mass is 328 g/mol. The van der Waals surface area contributed by atoms with Gasteiger partial charge in [0.25, 0.3) is 0 Å². The number of hydrogen-bond acceptors (Lipinski definition) is 2. The molecule has 7 heteroatoms. The van der Waals surface area contributed by atoms with E-state index in [1.807, 2.05) is 0 Å². The third-order valence-electron chi connectivity index (χ3n) is 2.46. The molecule has 110 valence electrons. The van der Waals surface area contributed by atoms with Gasteiger partial charge in [-0.05, 0) is 42.5 Å². The second-order valence-electron chi connectivity index (χ2n) is 4.00. The molecule has 0 atom stereocenters. The first-order valence-electron chi connectivity index (χ1n) is 5.93. The Kier molecular flexibility index (Phi) is 5.25. The highest BCUT2D eigenvalue weighted by atomic mass is 35.5. The van der Waals surface area contributed by atoms with Crippen LogP contribution in [0.2, 0.25) is 10.0 Å². The molecule has 4 nitrogen and oxygen atoms in total. The highest BCUT2D eigenvalue weighted by Crippen LogP contribution is 2.19. The second-order valence-corrected chi connectivity index (χ2v) is 4.85. The molecule has 2 rings (SSSR count). The molecule has 0 aliphatic heterocycles. The lowest BCUT2D eigenvalue weighted by atomic mass is 10.3. The molecule has 0 radical (unpaired) electrons. The number of halogens is 3. The van der Waals surface area contributed by atoms with Crippen LogP contribution >= 0.6 is 23.2 Å². The minimum atomic E-state index is -0.548. The van der Waals surface area contributed by atoms with Gasteiger partial charge in [0.05, 0.1) is 5.02 Å². The van der Waals surface area contributed by atoms with Crippen LogP contribution < -0.4 is 15.4 Å². The van der Waals surface area contributed by atoms with Gasteiger partial charge in [-0.3, -0.25) is 0 Å². The lowest BCUT2D eigenvalue weighted by Gasteiger charge is -2.09. The molecule has 0 bridgehead atoms. The van der Waals surface area contributed by atoms with Crippen LogP contribution in [0.25, 0.3) is 0 Å². The molecule has 2 amide bonds. The van der Waals surface area contributed by atoms with Crippen LogP contribution in [0.3, 0.4) is 0 Å². The first kappa shape index (κ1) is 15.4. The molecule has 0 aromatic heterocycles. The van der Waals surface area contributed by atoms with Crippen molar-refractivity contribution in [2.75, 3.05) is 12.0 Å². The van der Waals surface area contributed by atoms with Gasteiger partial charge in [0.1, 0.15) is 11.6 Å². The van der Waals surface area contributed by atoms with E-state index in [1.54, 1.807) is 24.3 Å². The Bertz CT molecular complexity index is 635. The van der Waals surface area contributed by atoms with E-state index in [-0.39, 0.29) is 11.8 Å². The molecular weight excluding hydrogens is 318 g/mol. The van der Waals surface area contributed by atoms with Crippen LogP contribution in [0, 0.1) is 5.82 Å². The summed E-state index contributed by atoms with van der Waals surface area (Å²) in [6.07, 6.45) is 0. The molecule has 0 fully saturated rings. The molecule has 0 heterocycles. The Morgan fingerprint density at radius 3 is 2.52 bits per heavy atom. The van der Waals surface area contributed by atoms with E-state index >= 15 is 0 Å². The Balaban J connectivity index is 1.79. The van der Waals surface area contributed by atoms with Crippen LogP contribution in [0.15, 0.2) is 42.5 Å². The molecule has 2 aromatic rings. The zero-order valence-corrected chi connectivity index (χ0v) is 12.2. The van der Waals surface area contributed by atoms with E-state index in [4.69, 9.17) is 27.9 Å². The highest BCUT2D eigenvalue weighted by molar-refractivity contribution is 6.31. The van der Waals surface area contributed by atoms with E-state index in [1.165, 1.54) is 18.2 Å². The van der Waals surface area contributed by atoms with Crippen molar-refractivity contribution in [3.05, 3.63) is 58.3 Å². The predicted molar refractivity (Wildman–Crippen MR) is 80.5 cm³/mol. The summed E-state index contributed by atoms with van der Waals surface area (Å²) in [6, 6.07) is 10.1. The Labute approximate surface area is 130 Å². The predicted octanol–water partition coefficient (Wildman–Crippen LogP) is 4.29. The van der Waals surface area contributed by atoms with E-state index in [0.29, 0.717) is 16.5 Å². The van der Waals surface area contributed by atoms with Crippen LogP contribution in [-0.2, 0) is 0 Å². The van der Waals surface area contributed by atoms with Gasteiger partial charge < -0.3 is 15.4 Å². The molecule has 0 unspecified atom stereocenters. The standard InChI is InChI=1S/C14H11Cl2FN2O2/c15-9-1-4-11(5-2-9)21-8-18-14(20)19-10-3-6-13(17)12(16)7-10/h1-7H,8H2,(H2,18,19,20). The summed E-state index contributed by atoms with van der Waals surface area (Å²) in [6.45, 7) is -0.0254. The van der Waals surface area contributed by atoms with Gasteiger partial charge >= 0.3 is 6.03 Å². The maximum absolute atomic E-state index is 13.0. The van der Waals surface area contributed by atoms with Crippen molar-refractivity contribution in [2.45, 2.75) is 0 Å². The van der Waals surface area contributed by atoms with Gasteiger partial charge in [-0.2, -0.15) is 0 Å². The molecule has 0 aliphatic carbocycles. The minimum Gasteiger partial charge on any atom is -0.473 e. The fourth-order valence-corrected chi connectivity index (χ4v) is 1.77. The van der Waals surface area contributed by atoms with Crippen molar-refractivity contribution < 1.29 is 13.9 Å². The first-order valence-corrected chi connectivity index (χ1v) is 6.68. The average molecular weight is 329 g/mol. The normalized spacial score (nSPS) is 10.0. The van der Waals surface area contributed by atoms with Crippen LogP contribution in [0.5, 0.6) is 5.75 Å². The van der Waals surface area contributed by atoms with Gasteiger partial charge in [0, 0.05) is 10.7 Å². The summed E-state index contributed by atoms with van der Waals surface area (Å²) in [7, 11) is 0. The average Bonchev–Trinajstić information content (AvgIpc) is 2.45. The van der Waals surface area contributed by atoms with Gasteiger partial charge in [-0.25, -0.2) is 9.18 Å². The summed E-state index contributed by atoms with van der Waals surface area (Å²) >= 11 is 11.3. The first-order chi connectivity index (χ1) is 10.0. The third kappa shape index (κ3) is 4.81. The highest BCUT2D eigenvalue weighted by Gasteiger charge is 2.04. The molecule has 2 aromatic carbocycles. The Morgan fingerprint density at radius 2 is 1.86 bits per heavy atom. The number of ether oxygens (including phenoxy) is 1. The van der Waals surface area contributed by atoms with Crippen molar-refractivity contribution in [1.82, 2.24) is 5.32 Å². The van der Waals surface area contributed by atoms with Crippen molar-refractivity contribution >= 4 is 34.9 Å². The van der Waals surface area contributed by atoms with Gasteiger partial charge in [0.15, 0.2) is 6.73 Å². The topological polar surface area (TPSA) is 50.4 Å². The number of nitrogens with one attached hydrogen (secondary N) is 2. The zero-order chi connectivity index (χ0) is 15.2. The molecule has 0 spiro atoms. The largest absolute Gasteiger partial charge is 0.473 e. The van der Waals surface area contributed by atoms with Crippen molar-refractivity contribution in [1.29, 1.82) is 0 Å². The molecular formula is C14H11Cl2FN2O2. The van der Waals surface area contributed by atoms with E-state index in [2.05, 4.69) is 10.6 Å². The van der Waals surface area contributed by atoms with E-state index in [9.17, 15) is 9.18 Å². The van der Waals surface area contributed by atoms with Gasteiger partial charge in [0.2, 0.25) is 0 Å². The lowest BCUT2D eigenvalue weighted by Crippen LogP contribution is -2.32. The number of carbonyl (C=O) groups is 1. The number of anilines is 1. The number of rotatable bonds is 4. The molecule has 2 N–H and O–H groups in total. The summed E-state index contributed by atoms with van der Waals surface area (Å²) in [4.78, 5) is 11.6. The SMILES string of the molecule is O=C(NCOc1ccc(Cl)cc1)Nc1ccc(F)c(Cl)c1. The third-order valence-corrected chi connectivity index (χ3v) is 3.00.